The van der Waals surface area contributed by atoms with E-state index in [4.69, 9.17) is 4.74 Å². The summed E-state index contributed by atoms with van der Waals surface area (Å²) in [7, 11) is 1.61. The Bertz CT molecular complexity index is 321. The van der Waals surface area contributed by atoms with Crippen LogP contribution in [0.4, 0.5) is 0 Å². The Kier molecular flexibility index (Phi) is 4.50. The van der Waals surface area contributed by atoms with E-state index in [0.29, 0.717) is 6.42 Å². The number of hydrogen-bond donors (Lipinski definition) is 1. The summed E-state index contributed by atoms with van der Waals surface area (Å²) in [5.41, 5.74) is -0.883. The Labute approximate surface area is 97.3 Å². The van der Waals surface area contributed by atoms with Crippen LogP contribution in [0.3, 0.4) is 0 Å². The van der Waals surface area contributed by atoms with E-state index in [0.717, 1.165) is 18.8 Å². The first kappa shape index (κ1) is 13.2. The van der Waals surface area contributed by atoms with Crippen LogP contribution in [0.2, 0.25) is 0 Å². The first-order valence-corrected chi connectivity index (χ1v) is 5.76. The van der Waals surface area contributed by atoms with Crippen molar-refractivity contribution in [1.29, 1.82) is 0 Å². The van der Waals surface area contributed by atoms with E-state index >= 15 is 0 Å². The van der Waals surface area contributed by atoms with Crippen LogP contribution >= 0.6 is 0 Å². The van der Waals surface area contributed by atoms with Gasteiger partial charge in [0.2, 0.25) is 0 Å². The van der Waals surface area contributed by atoms with Gasteiger partial charge in [-0.25, -0.2) is 4.98 Å². The Morgan fingerprint density at radius 3 is 2.88 bits per heavy atom. The van der Waals surface area contributed by atoms with Crippen LogP contribution in [-0.2, 0) is 17.7 Å². The molecule has 0 aromatic carbocycles. The van der Waals surface area contributed by atoms with Crippen molar-refractivity contribution in [3.63, 3.8) is 0 Å². The molecule has 0 spiro atoms. The average Bonchev–Trinajstić information content (AvgIpc) is 2.64. The molecule has 0 bridgehead atoms. The summed E-state index contributed by atoms with van der Waals surface area (Å²) in [4.78, 5) is 4.28. The second-order valence-corrected chi connectivity index (χ2v) is 4.45. The monoisotopic (exact) mass is 226 g/mol. The highest BCUT2D eigenvalue weighted by molar-refractivity contribution is 4.99. The van der Waals surface area contributed by atoms with Gasteiger partial charge in [0.1, 0.15) is 5.82 Å². The van der Waals surface area contributed by atoms with Crippen LogP contribution in [0.25, 0.3) is 0 Å². The summed E-state index contributed by atoms with van der Waals surface area (Å²) in [6, 6.07) is 0. The van der Waals surface area contributed by atoms with E-state index < -0.39 is 5.60 Å². The molecule has 4 heteroatoms. The van der Waals surface area contributed by atoms with Gasteiger partial charge in [-0.2, -0.15) is 0 Å². The fourth-order valence-electron chi connectivity index (χ4n) is 1.67. The maximum absolute atomic E-state index is 10.3. The zero-order chi connectivity index (χ0) is 12.2. The summed E-state index contributed by atoms with van der Waals surface area (Å²) >= 11 is 0. The van der Waals surface area contributed by atoms with E-state index in [1.807, 2.05) is 13.1 Å². The zero-order valence-corrected chi connectivity index (χ0v) is 10.6. The first-order chi connectivity index (χ1) is 7.51. The zero-order valence-electron chi connectivity index (χ0n) is 10.6. The Balaban J connectivity index is 2.75. The molecule has 0 aliphatic rings. The number of hydrogen-bond acceptors (Lipinski definition) is 3. The van der Waals surface area contributed by atoms with Gasteiger partial charge in [-0.05, 0) is 20.3 Å². The lowest BCUT2D eigenvalue weighted by molar-refractivity contribution is -0.0730. The van der Waals surface area contributed by atoms with Crippen LogP contribution in [0.5, 0.6) is 0 Å². The van der Waals surface area contributed by atoms with Crippen molar-refractivity contribution >= 4 is 0 Å². The molecule has 1 N–H and O–H groups in total. The van der Waals surface area contributed by atoms with Crippen molar-refractivity contribution in [3.05, 3.63) is 18.2 Å². The quantitative estimate of drug-likeness (QED) is 0.802. The Morgan fingerprint density at radius 2 is 2.31 bits per heavy atom. The molecular weight excluding hydrogens is 204 g/mol. The van der Waals surface area contributed by atoms with E-state index in [9.17, 15) is 5.11 Å². The van der Waals surface area contributed by atoms with E-state index in [1.54, 1.807) is 20.2 Å². The van der Waals surface area contributed by atoms with Gasteiger partial charge in [-0.15, -0.1) is 0 Å². The molecule has 1 aromatic rings. The lowest BCUT2D eigenvalue weighted by atomic mass is 9.96. The molecule has 1 heterocycles. The number of aryl methyl sites for hydroxylation is 1. The number of imidazole rings is 1. The maximum atomic E-state index is 10.3. The number of aromatic nitrogens is 2. The normalized spacial score (nSPS) is 17.1. The maximum Gasteiger partial charge on any atom is 0.111 e. The van der Waals surface area contributed by atoms with Gasteiger partial charge in [-0.1, -0.05) is 6.92 Å². The van der Waals surface area contributed by atoms with Gasteiger partial charge in [0.25, 0.3) is 0 Å². The van der Waals surface area contributed by atoms with Crippen LogP contribution in [0.1, 0.15) is 33.0 Å². The van der Waals surface area contributed by atoms with Gasteiger partial charge in [0.05, 0.1) is 11.7 Å². The number of nitrogens with zero attached hydrogens (tertiary/aromatic N) is 2. The van der Waals surface area contributed by atoms with Gasteiger partial charge < -0.3 is 14.4 Å². The van der Waals surface area contributed by atoms with Gasteiger partial charge in [0, 0.05) is 32.5 Å². The summed E-state index contributed by atoms with van der Waals surface area (Å²) in [6.07, 6.45) is 5.09. The van der Waals surface area contributed by atoms with Gasteiger partial charge in [-0.3, -0.25) is 0 Å². The minimum Gasteiger partial charge on any atom is -0.387 e. The molecule has 0 fully saturated rings. The highest BCUT2D eigenvalue weighted by atomic mass is 16.5. The largest absolute Gasteiger partial charge is 0.387 e. The third-order valence-corrected chi connectivity index (χ3v) is 3.01. The number of rotatable bonds is 6. The predicted molar refractivity (Wildman–Crippen MR) is 63.3 cm³/mol. The number of aliphatic hydroxyl groups is 1. The van der Waals surface area contributed by atoms with E-state index in [2.05, 4.69) is 16.5 Å². The Hall–Kier alpha value is -0.870. The van der Waals surface area contributed by atoms with Crippen molar-refractivity contribution < 1.29 is 9.84 Å². The topological polar surface area (TPSA) is 47.3 Å². The molecule has 16 heavy (non-hydrogen) atoms. The molecule has 2 unspecified atom stereocenters. The number of ether oxygens (including phenoxy) is 1. The summed E-state index contributed by atoms with van der Waals surface area (Å²) in [6.45, 7) is 6.71. The highest BCUT2D eigenvalue weighted by Gasteiger charge is 2.30. The van der Waals surface area contributed by atoms with Crippen molar-refractivity contribution in [2.45, 2.75) is 51.9 Å². The molecule has 92 valence electrons. The van der Waals surface area contributed by atoms with Gasteiger partial charge in [0.15, 0.2) is 0 Å². The molecule has 0 aliphatic carbocycles. The highest BCUT2D eigenvalue weighted by Crippen LogP contribution is 2.18. The molecule has 1 rings (SSSR count). The molecule has 2 atom stereocenters. The SMILES string of the molecule is CCCn1ccnc1CC(C)(O)C(C)OC. The van der Waals surface area contributed by atoms with Crippen molar-refractivity contribution in [2.75, 3.05) is 7.11 Å². The molecule has 0 saturated heterocycles. The van der Waals surface area contributed by atoms with E-state index in [-0.39, 0.29) is 6.10 Å². The lowest BCUT2D eigenvalue weighted by Crippen LogP contribution is -2.41. The van der Waals surface area contributed by atoms with Crippen LogP contribution in [0, 0.1) is 0 Å². The lowest BCUT2D eigenvalue weighted by Gasteiger charge is -2.29. The molecule has 4 nitrogen and oxygen atoms in total. The second kappa shape index (κ2) is 5.46. The van der Waals surface area contributed by atoms with Crippen LogP contribution in [0.15, 0.2) is 12.4 Å². The number of methoxy groups -OCH3 is 1. The third kappa shape index (κ3) is 3.06. The van der Waals surface area contributed by atoms with E-state index in [1.165, 1.54) is 0 Å². The molecule has 0 aliphatic heterocycles. The fourth-order valence-corrected chi connectivity index (χ4v) is 1.67. The first-order valence-electron chi connectivity index (χ1n) is 5.76. The van der Waals surface area contributed by atoms with Crippen LogP contribution < -0.4 is 0 Å². The van der Waals surface area contributed by atoms with Crippen molar-refractivity contribution in [3.8, 4) is 0 Å². The minimum absolute atomic E-state index is 0.209. The minimum atomic E-state index is -0.883. The third-order valence-electron chi connectivity index (χ3n) is 3.01. The molecular formula is C12H22N2O2. The van der Waals surface area contributed by atoms with Gasteiger partial charge >= 0.3 is 0 Å². The van der Waals surface area contributed by atoms with Crippen molar-refractivity contribution in [1.82, 2.24) is 9.55 Å². The summed E-state index contributed by atoms with van der Waals surface area (Å²) < 4.78 is 7.26. The summed E-state index contributed by atoms with van der Waals surface area (Å²) in [5.74, 6) is 0.913. The van der Waals surface area contributed by atoms with Crippen molar-refractivity contribution in [2.24, 2.45) is 0 Å². The van der Waals surface area contributed by atoms with Crippen LogP contribution in [-0.4, -0.2) is 33.5 Å². The second-order valence-electron chi connectivity index (χ2n) is 4.45. The fraction of sp³-hybridized carbons (Fsp3) is 0.750. The average molecular weight is 226 g/mol. The summed E-state index contributed by atoms with van der Waals surface area (Å²) in [5, 5.41) is 10.3. The predicted octanol–water partition coefficient (Wildman–Crippen LogP) is 1.62. The standard InChI is InChI=1S/C12H22N2O2/c1-5-7-14-8-6-13-11(14)9-12(3,15)10(2)16-4/h6,8,10,15H,5,7,9H2,1-4H3. The molecule has 0 radical (unpaired) electrons. The smallest absolute Gasteiger partial charge is 0.111 e. The molecule has 0 amide bonds. The molecule has 1 aromatic heterocycles. The Morgan fingerprint density at radius 1 is 1.62 bits per heavy atom. The molecule has 0 saturated carbocycles.